The summed E-state index contributed by atoms with van der Waals surface area (Å²) in [6, 6.07) is 8.03. The van der Waals surface area contributed by atoms with Gasteiger partial charge in [0, 0.05) is 30.6 Å². The molecule has 0 saturated heterocycles. The zero-order valence-corrected chi connectivity index (χ0v) is 12.2. The van der Waals surface area contributed by atoms with E-state index in [0.717, 1.165) is 16.5 Å². The van der Waals surface area contributed by atoms with Gasteiger partial charge in [-0.25, -0.2) is 4.98 Å². The fourth-order valence-corrected chi connectivity index (χ4v) is 2.32. The number of carbonyl (C=O) groups is 1. The van der Waals surface area contributed by atoms with Crippen LogP contribution in [0.3, 0.4) is 0 Å². The number of aromatic amines is 1. The van der Waals surface area contributed by atoms with Gasteiger partial charge >= 0.3 is 0 Å². The lowest BCUT2D eigenvalue weighted by Crippen LogP contribution is -2.34. The smallest absolute Gasteiger partial charge is 0.276 e. The lowest BCUT2D eigenvalue weighted by molar-refractivity contribution is -0.613. The Morgan fingerprint density at radius 3 is 3.05 bits per heavy atom. The Morgan fingerprint density at radius 1 is 1.41 bits per heavy atom. The first-order valence-electron chi connectivity index (χ1n) is 7.04. The van der Waals surface area contributed by atoms with Crippen LogP contribution < -0.4 is 10.0 Å². The van der Waals surface area contributed by atoms with Crippen molar-refractivity contribution in [2.75, 3.05) is 6.54 Å². The van der Waals surface area contributed by atoms with Gasteiger partial charge in [-0.15, -0.1) is 0 Å². The number of amides is 1. The number of aryl methyl sites for hydroxylation is 1. The number of H-pyrrole nitrogens is 1. The number of nitrogens with one attached hydrogen (secondary N) is 2. The second-order valence-electron chi connectivity index (χ2n) is 5.11. The number of nitrogens with zero attached hydrogens (tertiary/aromatic N) is 2. The molecule has 6 nitrogen and oxygen atoms in total. The monoisotopic (exact) mass is 296 g/mol. The van der Waals surface area contributed by atoms with Crippen molar-refractivity contribution in [2.45, 2.75) is 13.3 Å². The number of aromatic nitrogens is 3. The van der Waals surface area contributed by atoms with E-state index in [1.165, 1.54) is 12.4 Å². The van der Waals surface area contributed by atoms with Crippen LogP contribution in [-0.2, 0) is 6.42 Å². The van der Waals surface area contributed by atoms with Gasteiger partial charge in [0.05, 0.1) is 6.20 Å². The predicted molar refractivity (Wildman–Crippen MR) is 82.3 cm³/mol. The van der Waals surface area contributed by atoms with Crippen LogP contribution in [-0.4, -0.2) is 22.4 Å². The second kappa shape index (κ2) is 5.85. The molecule has 0 radical (unpaired) electrons. The van der Waals surface area contributed by atoms with Crippen molar-refractivity contribution in [1.29, 1.82) is 0 Å². The molecule has 0 aliphatic carbocycles. The number of hydrogen-bond donors (Lipinski definition) is 2. The van der Waals surface area contributed by atoms with Gasteiger partial charge in [-0.05, 0) is 18.1 Å². The van der Waals surface area contributed by atoms with E-state index in [9.17, 15) is 10.0 Å². The van der Waals surface area contributed by atoms with Crippen LogP contribution in [0.15, 0.2) is 42.9 Å². The highest BCUT2D eigenvalue weighted by molar-refractivity contribution is 5.91. The van der Waals surface area contributed by atoms with Gasteiger partial charge in [0.2, 0.25) is 11.9 Å². The van der Waals surface area contributed by atoms with E-state index in [2.05, 4.69) is 15.3 Å². The molecule has 112 valence electrons. The standard InChI is InChI=1S/C16H16N4O2/c1-11-8-18-15(10-20(11)22)16(21)17-7-6-12-9-19-14-5-3-2-4-13(12)14/h2-5,8-10,19H,6-7H2,1H3,(H,17,21). The summed E-state index contributed by atoms with van der Waals surface area (Å²) in [5.74, 6) is -0.343. The Labute approximate surface area is 127 Å². The fraction of sp³-hybridized carbons (Fsp3) is 0.188. The molecule has 0 saturated carbocycles. The van der Waals surface area contributed by atoms with Gasteiger partial charge in [0.25, 0.3) is 5.91 Å². The van der Waals surface area contributed by atoms with Gasteiger partial charge in [-0.1, -0.05) is 18.2 Å². The first-order valence-corrected chi connectivity index (χ1v) is 7.04. The van der Waals surface area contributed by atoms with Crippen molar-refractivity contribution >= 4 is 16.8 Å². The zero-order chi connectivity index (χ0) is 15.5. The summed E-state index contributed by atoms with van der Waals surface area (Å²) in [6.45, 7) is 2.12. The average molecular weight is 296 g/mol. The molecule has 3 aromatic rings. The van der Waals surface area contributed by atoms with E-state index in [1.54, 1.807) is 6.92 Å². The zero-order valence-electron chi connectivity index (χ0n) is 12.2. The van der Waals surface area contributed by atoms with Crippen molar-refractivity contribution in [3.8, 4) is 0 Å². The summed E-state index contributed by atoms with van der Waals surface area (Å²) in [7, 11) is 0. The molecule has 0 atom stereocenters. The summed E-state index contributed by atoms with van der Waals surface area (Å²) < 4.78 is 0.640. The Kier molecular flexibility index (Phi) is 3.74. The quantitative estimate of drug-likeness (QED) is 0.565. The van der Waals surface area contributed by atoms with E-state index >= 15 is 0 Å². The lowest BCUT2D eigenvalue weighted by Gasteiger charge is -2.05. The molecule has 2 aromatic heterocycles. The van der Waals surface area contributed by atoms with Crippen LogP contribution >= 0.6 is 0 Å². The molecule has 0 aliphatic rings. The summed E-state index contributed by atoms with van der Waals surface area (Å²) in [6.07, 6.45) is 5.24. The number of benzene rings is 1. The maximum absolute atomic E-state index is 12.0. The average Bonchev–Trinajstić information content (AvgIpc) is 2.93. The first kappa shape index (κ1) is 14.1. The number of hydrogen-bond acceptors (Lipinski definition) is 3. The van der Waals surface area contributed by atoms with Crippen molar-refractivity contribution in [3.63, 3.8) is 0 Å². The number of para-hydroxylation sites is 1. The Morgan fingerprint density at radius 2 is 2.23 bits per heavy atom. The minimum absolute atomic E-state index is 0.125. The molecular formula is C16H16N4O2. The predicted octanol–water partition coefficient (Wildman–Crippen LogP) is 1.48. The largest absolute Gasteiger partial charge is 0.618 e. The molecule has 1 amide bonds. The molecule has 22 heavy (non-hydrogen) atoms. The normalized spacial score (nSPS) is 10.8. The van der Waals surface area contributed by atoms with E-state index in [1.807, 2.05) is 30.5 Å². The lowest BCUT2D eigenvalue weighted by atomic mass is 10.1. The summed E-state index contributed by atoms with van der Waals surface area (Å²) in [5.41, 5.74) is 2.80. The van der Waals surface area contributed by atoms with Crippen LogP contribution in [0.2, 0.25) is 0 Å². The van der Waals surface area contributed by atoms with Crippen LogP contribution in [0.25, 0.3) is 10.9 Å². The van der Waals surface area contributed by atoms with Gasteiger partial charge in [-0.3, -0.25) is 4.79 Å². The van der Waals surface area contributed by atoms with Crippen LogP contribution in [0, 0.1) is 12.1 Å². The van der Waals surface area contributed by atoms with Gasteiger partial charge in [-0.2, -0.15) is 4.73 Å². The minimum atomic E-state index is -0.343. The Balaban J connectivity index is 1.63. The molecule has 0 aliphatic heterocycles. The Bertz CT molecular complexity index is 826. The molecule has 1 aromatic carbocycles. The maximum atomic E-state index is 12.0. The van der Waals surface area contributed by atoms with E-state index < -0.39 is 0 Å². The van der Waals surface area contributed by atoms with Crippen LogP contribution in [0.4, 0.5) is 0 Å². The van der Waals surface area contributed by atoms with Gasteiger partial charge in [0.15, 0.2) is 5.69 Å². The first-order chi connectivity index (χ1) is 10.6. The van der Waals surface area contributed by atoms with Crippen LogP contribution in [0.1, 0.15) is 21.7 Å². The van der Waals surface area contributed by atoms with Crippen molar-refractivity contribution in [1.82, 2.24) is 15.3 Å². The molecule has 6 heteroatoms. The summed E-state index contributed by atoms with van der Waals surface area (Å²) in [4.78, 5) is 19.1. The summed E-state index contributed by atoms with van der Waals surface area (Å²) in [5, 5.41) is 15.4. The molecule has 2 N–H and O–H groups in total. The number of carbonyl (C=O) groups excluding carboxylic acids is 1. The van der Waals surface area contributed by atoms with Gasteiger partial charge in [0.1, 0.15) is 0 Å². The third kappa shape index (κ3) is 2.76. The van der Waals surface area contributed by atoms with Crippen molar-refractivity contribution < 1.29 is 9.52 Å². The van der Waals surface area contributed by atoms with Crippen molar-refractivity contribution in [3.05, 3.63) is 65.0 Å². The number of rotatable bonds is 4. The SMILES string of the molecule is Cc1cnc(C(=O)NCCc2c[nH]c3ccccc23)c[n+]1[O-]. The third-order valence-corrected chi connectivity index (χ3v) is 3.57. The molecule has 3 rings (SSSR count). The third-order valence-electron chi connectivity index (χ3n) is 3.57. The highest BCUT2D eigenvalue weighted by Gasteiger charge is 2.12. The minimum Gasteiger partial charge on any atom is -0.618 e. The molecule has 0 fully saturated rings. The second-order valence-corrected chi connectivity index (χ2v) is 5.11. The van der Waals surface area contributed by atoms with E-state index in [-0.39, 0.29) is 11.6 Å². The van der Waals surface area contributed by atoms with Gasteiger partial charge < -0.3 is 15.5 Å². The topological polar surface area (TPSA) is 84.7 Å². The van der Waals surface area contributed by atoms with Crippen molar-refractivity contribution in [2.24, 2.45) is 0 Å². The molecule has 2 heterocycles. The molecule has 0 bridgehead atoms. The fourth-order valence-electron chi connectivity index (χ4n) is 2.32. The molecular weight excluding hydrogens is 280 g/mol. The summed E-state index contributed by atoms with van der Waals surface area (Å²) >= 11 is 0. The maximum Gasteiger partial charge on any atom is 0.276 e. The molecule has 0 spiro atoms. The molecule has 0 unspecified atom stereocenters. The van der Waals surface area contributed by atoms with E-state index in [4.69, 9.17) is 0 Å². The van der Waals surface area contributed by atoms with E-state index in [0.29, 0.717) is 23.4 Å². The van der Waals surface area contributed by atoms with Crippen LogP contribution in [0.5, 0.6) is 0 Å². The Hall–Kier alpha value is -2.89. The highest BCUT2D eigenvalue weighted by atomic mass is 16.5. The highest BCUT2D eigenvalue weighted by Crippen LogP contribution is 2.17. The number of fused-ring (bicyclic) bond motifs is 1.